The van der Waals surface area contributed by atoms with Crippen LogP contribution in [0.4, 0.5) is 0 Å². The lowest BCUT2D eigenvalue weighted by atomic mass is 9.91. The van der Waals surface area contributed by atoms with Gasteiger partial charge in [0, 0.05) is 6.54 Å². The highest BCUT2D eigenvalue weighted by Crippen LogP contribution is 2.29. The van der Waals surface area contributed by atoms with Crippen molar-refractivity contribution in [1.29, 1.82) is 0 Å². The molecule has 1 aromatic heterocycles. The van der Waals surface area contributed by atoms with E-state index in [1.807, 2.05) is 13.8 Å². The van der Waals surface area contributed by atoms with E-state index in [-0.39, 0.29) is 30.3 Å². The first kappa shape index (κ1) is 14.0. The van der Waals surface area contributed by atoms with E-state index in [1.165, 1.54) is 6.39 Å². The summed E-state index contributed by atoms with van der Waals surface area (Å²) in [5.41, 5.74) is 0. The van der Waals surface area contributed by atoms with Crippen LogP contribution >= 0.6 is 0 Å². The minimum atomic E-state index is -0.439. The van der Waals surface area contributed by atoms with Gasteiger partial charge in [0.05, 0.1) is 6.54 Å². The number of carbonyl (C=O) groups is 2. The number of amides is 2. The predicted molar refractivity (Wildman–Crippen MR) is 72.8 cm³/mol. The third kappa shape index (κ3) is 2.41. The molecule has 7 heteroatoms. The van der Waals surface area contributed by atoms with Gasteiger partial charge in [0.25, 0.3) is 0 Å². The molecule has 2 saturated heterocycles. The molecule has 0 aliphatic carbocycles. The van der Waals surface area contributed by atoms with E-state index >= 15 is 0 Å². The molecule has 2 aliphatic heterocycles. The molecule has 0 bridgehead atoms. The molecular formula is C14H20N4O3. The average molecular weight is 292 g/mol. The second-order valence-corrected chi connectivity index (χ2v) is 6.05. The van der Waals surface area contributed by atoms with Crippen molar-refractivity contribution in [3.8, 4) is 0 Å². The Kier molecular flexibility index (Phi) is 3.65. The van der Waals surface area contributed by atoms with Crippen molar-refractivity contribution in [3.05, 3.63) is 12.2 Å². The lowest BCUT2D eigenvalue weighted by Gasteiger charge is -2.47. The van der Waals surface area contributed by atoms with Crippen molar-refractivity contribution in [2.45, 2.75) is 51.7 Å². The zero-order valence-electron chi connectivity index (χ0n) is 12.4. The van der Waals surface area contributed by atoms with Crippen molar-refractivity contribution in [2.24, 2.45) is 5.92 Å². The van der Waals surface area contributed by atoms with E-state index in [4.69, 9.17) is 4.52 Å². The number of rotatable bonds is 3. The first-order chi connectivity index (χ1) is 10.1. The van der Waals surface area contributed by atoms with E-state index in [0.29, 0.717) is 12.4 Å². The molecule has 2 unspecified atom stereocenters. The Bertz CT molecular complexity index is 528. The van der Waals surface area contributed by atoms with Gasteiger partial charge in [-0.05, 0) is 25.2 Å². The largest absolute Gasteiger partial charge is 0.343 e. The predicted octanol–water partition coefficient (Wildman–Crippen LogP) is 0.817. The molecular weight excluding hydrogens is 272 g/mol. The zero-order chi connectivity index (χ0) is 15.0. The monoisotopic (exact) mass is 292 g/mol. The molecule has 2 aliphatic rings. The van der Waals surface area contributed by atoms with E-state index in [9.17, 15) is 9.59 Å². The number of nitrogens with zero attached hydrogens (tertiary/aromatic N) is 4. The topological polar surface area (TPSA) is 79.5 Å². The minimum absolute atomic E-state index is 0.0119. The molecule has 0 saturated carbocycles. The van der Waals surface area contributed by atoms with Crippen molar-refractivity contribution >= 4 is 11.8 Å². The quantitative estimate of drug-likeness (QED) is 0.824. The number of hydrogen-bond donors (Lipinski definition) is 0. The van der Waals surface area contributed by atoms with Gasteiger partial charge < -0.3 is 14.3 Å². The van der Waals surface area contributed by atoms with Gasteiger partial charge in [-0.2, -0.15) is 4.98 Å². The second kappa shape index (κ2) is 5.46. The smallest absolute Gasteiger partial charge is 0.246 e. The molecule has 0 spiro atoms. The Labute approximate surface area is 123 Å². The van der Waals surface area contributed by atoms with E-state index < -0.39 is 6.04 Å². The van der Waals surface area contributed by atoms with Crippen molar-refractivity contribution in [3.63, 3.8) is 0 Å². The van der Waals surface area contributed by atoms with E-state index in [1.54, 1.807) is 9.80 Å². The van der Waals surface area contributed by atoms with Crippen LogP contribution in [0.3, 0.4) is 0 Å². The number of piperazine rings is 1. The van der Waals surface area contributed by atoms with Crippen LogP contribution in [0.25, 0.3) is 0 Å². The van der Waals surface area contributed by atoms with Crippen LogP contribution in [0.5, 0.6) is 0 Å². The van der Waals surface area contributed by atoms with Gasteiger partial charge in [0.2, 0.25) is 18.2 Å². The van der Waals surface area contributed by atoms with E-state index in [0.717, 1.165) is 19.3 Å². The molecule has 1 aromatic rings. The van der Waals surface area contributed by atoms with Crippen LogP contribution in [-0.4, -0.2) is 50.4 Å². The first-order valence-corrected chi connectivity index (χ1v) is 7.46. The van der Waals surface area contributed by atoms with Gasteiger partial charge in [-0.25, -0.2) is 0 Å². The van der Waals surface area contributed by atoms with Gasteiger partial charge in [-0.15, -0.1) is 0 Å². The maximum absolute atomic E-state index is 12.8. The summed E-state index contributed by atoms with van der Waals surface area (Å²) in [6.07, 6.45) is 3.95. The van der Waals surface area contributed by atoms with Gasteiger partial charge in [-0.1, -0.05) is 19.0 Å². The Hall–Kier alpha value is -1.92. The van der Waals surface area contributed by atoms with Crippen molar-refractivity contribution < 1.29 is 14.1 Å². The van der Waals surface area contributed by atoms with Gasteiger partial charge in [0.15, 0.2) is 5.82 Å². The van der Waals surface area contributed by atoms with Crippen LogP contribution in [-0.2, 0) is 16.1 Å². The highest BCUT2D eigenvalue weighted by atomic mass is 16.5. The number of hydrogen-bond acceptors (Lipinski definition) is 5. The molecule has 7 nitrogen and oxygen atoms in total. The highest BCUT2D eigenvalue weighted by molar-refractivity contribution is 5.97. The molecule has 2 amide bonds. The van der Waals surface area contributed by atoms with Crippen LogP contribution in [0.1, 0.15) is 38.9 Å². The molecule has 2 atom stereocenters. The maximum atomic E-state index is 12.8. The summed E-state index contributed by atoms with van der Waals surface area (Å²) < 4.78 is 4.73. The lowest BCUT2D eigenvalue weighted by Crippen LogP contribution is -2.66. The van der Waals surface area contributed by atoms with Crippen molar-refractivity contribution in [1.82, 2.24) is 19.9 Å². The summed E-state index contributed by atoms with van der Waals surface area (Å²) in [5, 5.41) is 3.76. The summed E-state index contributed by atoms with van der Waals surface area (Å²) in [7, 11) is 0. The minimum Gasteiger partial charge on any atom is -0.343 e. The SMILES string of the molecule is CC(C)C1C(=O)N2CCCCC2C(=O)N1Cc1ncon1. The fraction of sp³-hybridized carbons (Fsp3) is 0.714. The van der Waals surface area contributed by atoms with Crippen LogP contribution < -0.4 is 0 Å². The average Bonchev–Trinajstić information content (AvgIpc) is 2.97. The summed E-state index contributed by atoms with van der Waals surface area (Å²) in [4.78, 5) is 32.9. The number of piperidine rings is 1. The summed E-state index contributed by atoms with van der Waals surface area (Å²) in [6.45, 7) is 4.84. The zero-order valence-corrected chi connectivity index (χ0v) is 12.4. The Morgan fingerprint density at radius 2 is 2.14 bits per heavy atom. The molecule has 3 heterocycles. The molecule has 0 radical (unpaired) electrons. The van der Waals surface area contributed by atoms with Gasteiger partial charge in [-0.3, -0.25) is 9.59 Å². The lowest BCUT2D eigenvalue weighted by molar-refractivity contribution is -0.166. The summed E-state index contributed by atoms with van der Waals surface area (Å²) in [6, 6.07) is -0.751. The molecule has 0 N–H and O–H groups in total. The maximum Gasteiger partial charge on any atom is 0.246 e. The number of aromatic nitrogens is 2. The molecule has 21 heavy (non-hydrogen) atoms. The molecule has 2 fully saturated rings. The van der Waals surface area contributed by atoms with Crippen LogP contribution in [0.15, 0.2) is 10.9 Å². The van der Waals surface area contributed by atoms with Crippen molar-refractivity contribution in [2.75, 3.05) is 6.54 Å². The summed E-state index contributed by atoms with van der Waals surface area (Å²) >= 11 is 0. The highest BCUT2D eigenvalue weighted by Gasteiger charge is 2.47. The fourth-order valence-corrected chi connectivity index (χ4v) is 3.32. The van der Waals surface area contributed by atoms with Crippen LogP contribution in [0, 0.1) is 5.92 Å². The Balaban J connectivity index is 1.90. The molecule has 0 aromatic carbocycles. The second-order valence-electron chi connectivity index (χ2n) is 6.05. The first-order valence-electron chi connectivity index (χ1n) is 7.46. The van der Waals surface area contributed by atoms with Crippen LogP contribution in [0.2, 0.25) is 0 Å². The Morgan fingerprint density at radius 1 is 1.33 bits per heavy atom. The van der Waals surface area contributed by atoms with Gasteiger partial charge in [0.1, 0.15) is 12.1 Å². The normalized spacial score (nSPS) is 26.4. The summed E-state index contributed by atoms with van der Waals surface area (Å²) in [5.74, 6) is 0.554. The van der Waals surface area contributed by atoms with E-state index in [2.05, 4.69) is 10.1 Å². The molecule has 114 valence electrons. The third-order valence-corrected chi connectivity index (χ3v) is 4.29. The van der Waals surface area contributed by atoms with Gasteiger partial charge >= 0.3 is 0 Å². The fourth-order valence-electron chi connectivity index (χ4n) is 3.32. The standard InChI is InChI=1S/C14H20N4O3/c1-9(2)12-14(20)17-6-4-3-5-10(17)13(19)18(12)7-11-15-8-21-16-11/h8-10,12H,3-7H2,1-2H3. The molecule has 3 rings (SSSR count). The Morgan fingerprint density at radius 3 is 2.81 bits per heavy atom. The third-order valence-electron chi connectivity index (χ3n) is 4.29. The number of fused-ring (bicyclic) bond motifs is 1. The number of carbonyl (C=O) groups excluding carboxylic acids is 2.